The van der Waals surface area contributed by atoms with E-state index in [1.807, 2.05) is 11.4 Å². The van der Waals surface area contributed by atoms with Crippen LogP contribution in [0.25, 0.3) is 11.1 Å². The molecule has 0 bridgehead atoms. The summed E-state index contributed by atoms with van der Waals surface area (Å²) in [5, 5.41) is 10.4. The summed E-state index contributed by atoms with van der Waals surface area (Å²) < 4.78 is 68.6. The highest BCUT2D eigenvalue weighted by molar-refractivity contribution is 6.31. The van der Waals surface area contributed by atoms with Crippen LogP contribution in [-0.4, -0.2) is 12.5 Å². The second kappa shape index (κ2) is 8.97. The molecular formula is C23H14ClF5N2O. The van der Waals surface area contributed by atoms with Gasteiger partial charge in [0.05, 0.1) is 34.3 Å². The first-order valence-electron chi connectivity index (χ1n) is 9.16. The predicted molar refractivity (Wildman–Crippen MR) is 109 cm³/mol. The van der Waals surface area contributed by atoms with Crippen LogP contribution in [0.3, 0.4) is 0 Å². The number of hydrogen-bond acceptors (Lipinski definition) is 2. The van der Waals surface area contributed by atoms with E-state index in [-0.39, 0.29) is 5.02 Å². The van der Waals surface area contributed by atoms with Crippen molar-refractivity contribution in [3.8, 4) is 17.2 Å². The summed E-state index contributed by atoms with van der Waals surface area (Å²) in [7, 11) is 0. The van der Waals surface area contributed by atoms with Gasteiger partial charge >= 0.3 is 6.18 Å². The molecular weight excluding hydrogens is 451 g/mol. The Morgan fingerprint density at radius 3 is 2.12 bits per heavy atom. The molecule has 164 valence electrons. The lowest BCUT2D eigenvalue weighted by molar-refractivity contribution is -0.137. The summed E-state index contributed by atoms with van der Waals surface area (Å²) in [5.74, 6) is -4.91. The van der Waals surface area contributed by atoms with E-state index >= 15 is 0 Å². The average molecular weight is 465 g/mol. The maximum absolute atomic E-state index is 14.7. The van der Waals surface area contributed by atoms with E-state index in [9.17, 15) is 26.7 Å². The van der Waals surface area contributed by atoms with Crippen LogP contribution in [0.15, 0.2) is 66.7 Å². The fourth-order valence-electron chi connectivity index (χ4n) is 3.04. The predicted octanol–water partition coefficient (Wildman–Crippen LogP) is 6.42. The van der Waals surface area contributed by atoms with Crippen molar-refractivity contribution in [1.29, 1.82) is 5.26 Å². The number of amides is 1. The molecule has 0 fully saturated rings. The third-order valence-corrected chi connectivity index (χ3v) is 4.97. The molecule has 0 aliphatic rings. The Labute approximate surface area is 185 Å². The Morgan fingerprint density at radius 1 is 0.906 bits per heavy atom. The Morgan fingerprint density at radius 2 is 1.53 bits per heavy atom. The molecule has 0 radical (unpaired) electrons. The van der Waals surface area contributed by atoms with E-state index in [1.54, 1.807) is 24.3 Å². The number of nitriles is 1. The van der Waals surface area contributed by atoms with Crippen molar-refractivity contribution in [2.45, 2.75) is 12.1 Å². The van der Waals surface area contributed by atoms with Crippen molar-refractivity contribution in [3.63, 3.8) is 0 Å². The number of halogens is 6. The van der Waals surface area contributed by atoms with Gasteiger partial charge in [0.2, 0.25) is 0 Å². The first kappa shape index (κ1) is 23.2. The van der Waals surface area contributed by atoms with Gasteiger partial charge in [0.25, 0.3) is 11.8 Å². The molecule has 0 spiro atoms. The lowest BCUT2D eigenvalue weighted by Gasteiger charge is -2.20. The first-order chi connectivity index (χ1) is 15.0. The molecule has 0 aliphatic carbocycles. The minimum Gasteiger partial charge on any atom is -0.346 e. The third-order valence-electron chi connectivity index (χ3n) is 4.66. The summed E-state index contributed by atoms with van der Waals surface area (Å²) in [6, 6.07) is 16.1. The molecule has 1 amide bonds. The van der Waals surface area contributed by atoms with E-state index in [4.69, 9.17) is 16.9 Å². The molecule has 0 heterocycles. The number of carbonyl (C=O) groups excluding carboxylic acids is 1. The number of alkyl halides is 5. The standard InChI is InChI=1S/C23H14ClF5N2O/c24-20-11-16(15-7-5-14(12-30)6-8-15)9-10-19(20)22(25,26)13-31-21(32)17-3-1-2-4-18(17)23(27,28)29/h1-11H,13H2,(H,31,32). The summed E-state index contributed by atoms with van der Waals surface area (Å²) in [6.07, 6.45) is -4.80. The van der Waals surface area contributed by atoms with Gasteiger partial charge in [-0.15, -0.1) is 0 Å². The van der Waals surface area contributed by atoms with Crippen molar-refractivity contribution in [2.24, 2.45) is 0 Å². The van der Waals surface area contributed by atoms with E-state index in [0.717, 1.165) is 18.2 Å². The molecule has 3 nitrogen and oxygen atoms in total. The van der Waals surface area contributed by atoms with Crippen molar-refractivity contribution in [2.75, 3.05) is 6.54 Å². The van der Waals surface area contributed by atoms with Crippen molar-refractivity contribution < 1.29 is 26.7 Å². The lowest BCUT2D eigenvalue weighted by atomic mass is 10.00. The maximum Gasteiger partial charge on any atom is 0.417 e. The summed E-state index contributed by atoms with van der Waals surface area (Å²) in [5.41, 5.74) is -0.935. The normalized spacial score (nSPS) is 11.7. The molecule has 1 N–H and O–H groups in total. The first-order valence-corrected chi connectivity index (χ1v) is 9.53. The van der Waals surface area contributed by atoms with Gasteiger partial charge in [-0.2, -0.15) is 27.2 Å². The van der Waals surface area contributed by atoms with Crippen molar-refractivity contribution in [3.05, 3.63) is 94.0 Å². The molecule has 3 aromatic rings. The Kier molecular flexibility index (Phi) is 6.51. The molecule has 0 saturated carbocycles. The number of rotatable bonds is 5. The number of hydrogen-bond donors (Lipinski definition) is 1. The monoisotopic (exact) mass is 464 g/mol. The lowest BCUT2D eigenvalue weighted by Crippen LogP contribution is -2.36. The number of carbonyl (C=O) groups is 1. The molecule has 3 aromatic carbocycles. The highest BCUT2D eigenvalue weighted by atomic mass is 35.5. The second-order valence-corrected chi connectivity index (χ2v) is 7.22. The van der Waals surface area contributed by atoms with Gasteiger partial charge in [0.1, 0.15) is 0 Å². The van der Waals surface area contributed by atoms with Crippen LogP contribution in [0.5, 0.6) is 0 Å². The van der Waals surface area contributed by atoms with Gasteiger partial charge < -0.3 is 5.32 Å². The van der Waals surface area contributed by atoms with Crippen LogP contribution in [0.1, 0.15) is 27.0 Å². The molecule has 9 heteroatoms. The van der Waals surface area contributed by atoms with Gasteiger partial charge in [0.15, 0.2) is 0 Å². The molecule has 32 heavy (non-hydrogen) atoms. The summed E-state index contributed by atoms with van der Waals surface area (Å²) in [6.45, 7) is -1.24. The van der Waals surface area contributed by atoms with Gasteiger partial charge in [-0.05, 0) is 41.5 Å². The summed E-state index contributed by atoms with van der Waals surface area (Å²) in [4.78, 5) is 12.2. The van der Waals surface area contributed by atoms with Gasteiger partial charge in [0, 0.05) is 5.56 Å². The topological polar surface area (TPSA) is 52.9 Å². The van der Waals surface area contributed by atoms with Crippen LogP contribution >= 0.6 is 11.6 Å². The van der Waals surface area contributed by atoms with Crippen LogP contribution < -0.4 is 5.32 Å². The highest BCUT2D eigenvalue weighted by Crippen LogP contribution is 2.36. The molecule has 0 aromatic heterocycles. The molecule has 0 aliphatic heterocycles. The fraction of sp³-hybridized carbons (Fsp3) is 0.130. The largest absolute Gasteiger partial charge is 0.417 e. The van der Waals surface area contributed by atoms with E-state index in [0.29, 0.717) is 22.8 Å². The zero-order valence-corrected chi connectivity index (χ0v) is 16.9. The van der Waals surface area contributed by atoms with Crippen molar-refractivity contribution >= 4 is 17.5 Å². The minimum atomic E-state index is -4.80. The van der Waals surface area contributed by atoms with E-state index in [2.05, 4.69) is 0 Å². The molecule has 3 rings (SSSR count). The number of benzene rings is 3. The molecule has 0 atom stereocenters. The van der Waals surface area contributed by atoms with E-state index in [1.165, 1.54) is 18.2 Å². The Balaban J connectivity index is 1.78. The summed E-state index contributed by atoms with van der Waals surface area (Å²) >= 11 is 6.05. The quantitative estimate of drug-likeness (QED) is 0.443. The SMILES string of the molecule is N#Cc1ccc(-c2ccc(C(F)(F)CNC(=O)c3ccccc3C(F)(F)F)c(Cl)c2)cc1. The average Bonchev–Trinajstić information content (AvgIpc) is 2.76. The van der Waals surface area contributed by atoms with E-state index < -0.39 is 41.2 Å². The zero-order valence-electron chi connectivity index (χ0n) is 16.2. The minimum absolute atomic E-state index is 0.276. The molecule has 0 unspecified atom stereocenters. The zero-order chi connectivity index (χ0) is 23.5. The third kappa shape index (κ3) is 5.06. The van der Waals surface area contributed by atoms with Gasteiger partial charge in [-0.3, -0.25) is 4.79 Å². The van der Waals surface area contributed by atoms with Crippen LogP contribution in [-0.2, 0) is 12.1 Å². The van der Waals surface area contributed by atoms with Crippen molar-refractivity contribution in [1.82, 2.24) is 5.32 Å². The van der Waals surface area contributed by atoms with Gasteiger partial charge in [-0.25, -0.2) is 0 Å². The number of nitrogens with one attached hydrogen (secondary N) is 1. The van der Waals surface area contributed by atoms with Gasteiger partial charge in [-0.1, -0.05) is 48.0 Å². The number of nitrogens with zero attached hydrogens (tertiary/aromatic N) is 1. The Hall–Kier alpha value is -3.44. The molecule has 0 saturated heterocycles. The van der Waals surface area contributed by atoms with Crippen LogP contribution in [0, 0.1) is 11.3 Å². The fourth-order valence-corrected chi connectivity index (χ4v) is 3.36. The second-order valence-electron chi connectivity index (χ2n) is 6.81. The maximum atomic E-state index is 14.7. The Bertz CT molecular complexity index is 1180. The highest BCUT2D eigenvalue weighted by Gasteiger charge is 2.37. The van der Waals surface area contributed by atoms with Crippen LogP contribution in [0.4, 0.5) is 22.0 Å². The smallest absolute Gasteiger partial charge is 0.346 e. The van der Waals surface area contributed by atoms with Crippen LogP contribution in [0.2, 0.25) is 5.02 Å².